The minimum absolute atomic E-state index is 0.0581. The van der Waals surface area contributed by atoms with Gasteiger partial charge in [-0.2, -0.15) is 0 Å². The first-order valence-corrected chi connectivity index (χ1v) is 7.80. The van der Waals surface area contributed by atoms with E-state index < -0.39 is 12.0 Å². The zero-order valence-electron chi connectivity index (χ0n) is 13.7. The highest BCUT2D eigenvalue weighted by molar-refractivity contribution is 5.94. The van der Waals surface area contributed by atoms with Crippen LogP contribution in [0.3, 0.4) is 0 Å². The number of benzene rings is 2. The SMILES string of the molecule is CC(C)Oc1ccc(C(=O)N[C@H](CC(=O)O)c2ccccc2)cc1. The Morgan fingerprint density at radius 2 is 1.67 bits per heavy atom. The van der Waals surface area contributed by atoms with E-state index in [9.17, 15) is 9.59 Å². The van der Waals surface area contributed by atoms with Gasteiger partial charge in [-0.25, -0.2) is 0 Å². The summed E-state index contributed by atoms with van der Waals surface area (Å²) < 4.78 is 5.54. The van der Waals surface area contributed by atoms with E-state index in [2.05, 4.69) is 5.32 Å². The minimum Gasteiger partial charge on any atom is -0.491 e. The average Bonchev–Trinajstić information content (AvgIpc) is 2.54. The summed E-state index contributed by atoms with van der Waals surface area (Å²) in [6, 6.07) is 15.3. The Labute approximate surface area is 141 Å². The van der Waals surface area contributed by atoms with Crippen molar-refractivity contribution in [3.8, 4) is 5.75 Å². The fraction of sp³-hybridized carbons (Fsp3) is 0.263. The summed E-state index contributed by atoms with van der Waals surface area (Å²) in [4.78, 5) is 23.5. The Morgan fingerprint density at radius 3 is 2.21 bits per heavy atom. The van der Waals surface area contributed by atoms with E-state index in [1.165, 1.54) is 0 Å². The minimum atomic E-state index is -0.968. The third-order valence-corrected chi connectivity index (χ3v) is 3.37. The predicted molar refractivity (Wildman–Crippen MR) is 91.1 cm³/mol. The molecule has 126 valence electrons. The van der Waals surface area contributed by atoms with Crippen molar-refractivity contribution in [1.29, 1.82) is 0 Å². The summed E-state index contributed by atoms with van der Waals surface area (Å²) in [5.41, 5.74) is 1.21. The van der Waals surface area contributed by atoms with Gasteiger partial charge in [0.05, 0.1) is 18.6 Å². The molecule has 2 aromatic carbocycles. The number of carboxylic acid groups (broad SMARTS) is 1. The van der Waals surface area contributed by atoms with Crippen molar-refractivity contribution in [3.63, 3.8) is 0 Å². The third kappa shape index (κ3) is 5.12. The summed E-state index contributed by atoms with van der Waals surface area (Å²) >= 11 is 0. The van der Waals surface area contributed by atoms with Gasteiger partial charge in [0.25, 0.3) is 5.91 Å². The van der Waals surface area contributed by atoms with Crippen LogP contribution in [-0.4, -0.2) is 23.1 Å². The molecule has 0 spiro atoms. The fourth-order valence-electron chi connectivity index (χ4n) is 2.31. The number of aliphatic carboxylic acids is 1. The van der Waals surface area contributed by atoms with Crippen LogP contribution in [0.25, 0.3) is 0 Å². The van der Waals surface area contributed by atoms with Gasteiger partial charge in [-0.1, -0.05) is 30.3 Å². The van der Waals surface area contributed by atoms with Gasteiger partial charge in [0.2, 0.25) is 0 Å². The number of carbonyl (C=O) groups is 2. The molecule has 0 saturated carbocycles. The number of carbonyl (C=O) groups excluding carboxylic acids is 1. The quantitative estimate of drug-likeness (QED) is 0.817. The van der Waals surface area contributed by atoms with Crippen LogP contribution < -0.4 is 10.1 Å². The summed E-state index contributed by atoms with van der Waals surface area (Å²) in [7, 11) is 0. The number of hydrogen-bond donors (Lipinski definition) is 2. The zero-order valence-corrected chi connectivity index (χ0v) is 13.7. The normalized spacial score (nSPS) is 11.8. The molecule has 5 heteroatoms. The van der Waals surface area contributed by atoms with Crippen LogP contribution in [-0.2, 0) is 4.79 Å². The van der Waals surface area contributed by atoms with E-state index in [0.29, 0.717) is 11.3 Å². The summed E-state index contributed by atoms with van der Waals surface area (Å²) in [5.74, 6) is -0.599. The molecule has 1 amide bonds. The van der Waals surface area contributed by atoms with Crippen molar-refractivity contribution in [2.45, 2.75) is 32.4 Å². The lowest BCUT2D eigenvalue weighted by Gasteiger charge is -2.17. The van der Waals surface area contributed by atoms with Crippen LogP contribution in [0.5, 0.6) is 5.75 Å². The second kappa shape index (κ2) is 8.15. The molecule has 0 heterocycles. The predicted octanol–water partition coefficient (Wildman–Crippen LogP) is 3.42. The second-order valence-corrected chi connectivity index (χ2v) is 5.73. The maximum Gasteiger partial charge on any atom is 0.305 e. The highest BCUT2D eigenvalue weighted by Gasteiger charge is 2.18. The van der Waals surface area contributed by atoms with E-state index in [-0.39, 0.29) is 18.4 Å². The number of hydrogen-bond acceptors (Lipinski definition) is 3. The lowest BCUT2D eigenvalue weighted by Crippen LogP contribution is -2.30. The maximum absolute atomic E-state index is 12.4. The van der Waals surface area contributed by atoms with Crippen LogP contribution in [0.15, 0.2) is 54.6 Å². The van der Waals surface area contributed by atoms with Crippen molar-refractivity contribution >= 4 is 11.9 Å². The molecule has 0 saturated heterocycles. The molecular weight excluding hydrogens is 306 g/mol. The molecule has 0 aliphatic carbocycles. The standard InChI is InChI=1S/C19H21NO4/c1-13(2)24-16-10-8-15(9-11-16)19(23)20-17(12-18(21)22)14-6-4-3-5-7-14/h3-11,13,17H,12H2,1-2H3,(H,20,23)(H,21,22)/t17-/m1/s1. The monoisotopic (exact) mass is 327 g/mol. The van der Waals surface area contributed by atoms with E-state index in [1.807, 2.05) is 32.0 Å². The molecule has 24 heavy (non-hydrogen) atoms. The molecule has 0 aliphatic rings. The Hall–Kier alpha value is -2.82. The van der Waals surface area contributed by atoms with Gasteiger partial charge in [-0.3, -0.25) is 9.59 Å². The molecule has 0 unspecified atom stereocenters. The zero-order chi connectivity index (χ0) is 17.5. The van der Waals surface area contributed by atoms with Crippen LogP contribution in [0.1, 0.15) is 42.2 Å². The van der Waals surface area contributed by atoms with Crippen LogP contribution in [0.4, 0.5) is 0 Å². The van der Waals surface area contributed by atoms with Crippen molar-refractivity contribution in [2.75, 3.05) is 0 Å². The van der Waals surface area contributed by atoms with Gasteiger partial charge < -0.3 is 15.2 Å². The molecular formula is C19H21NO4. The van der Waals surface area contributed by atoms with Gasteiger partial charge in [-0.15, -0.1) is 0 Å². The van der Waals surface area contributed by atoms with E-state index >= 15 is 0 Å². The van der Waals surface area contributed by atoms with Crippen LogP contribution >= 0.6 is 0 Å². The smallest absolute Gasteiger partial charge is 0.305 e. The van der Waals surface area contributed by atoms with Gasteiger partial charge >= 0.3 is 5.97 Å². The number of rotatable bonds is 7. The van der Waals surface area contributed by atoms with Gasteiger partial charge in [0.1, 0.15) is 5.75 Å². The summed E-state index contributed by atoms with van der Waals surface area (Å²) in [6.45, 7) is 3.86. The average molecular weight is 327 g/mol. The van der Waals surface area contributed by atoms with E-state index in [0.717, 1.165) is 5.56 Å². The highest BCUT2D eigenvalue weighted by Crippen LogP contribution is 2.19. The third-order valence-electron chi connectivity index (χ3n) is 3.37. The van der Waals surface area contributed by atoms with Crippen LogP contribution in [0.2, 0.25) is 0 Å². The molecule has 1 atom stereocenters. The lowest BCUT2D eigenvalue weighted by molar-refractivity contribution is -0.137. The first-order valence-electron chi connectivity index (χ1n) is 7.80. The van der Waals surface area contributed by atoms with Gasteiger partial charge in [0.15, 0.2) is 0 Å². The maximum atomic E-state index is 12.4. The molecule has 0 fully saturated rings. The molecule has 2 N–H and O–H groups in total. The number of carboxylic acids is 1. The largest absolute Gasteiger partial charge is 0.491 e. The fourth-order valence-corrected chi connectivity index (χ4v) is 2.31. The second-order valence-electron chi connectivity index (χ2n) is 5.73. The molecule has 5 nitrogen and oxygen atoms in total. The van der Waals surface area contributed by atoms with E-state index in [1.54, 1.807) is 36.4 Å². The Balaban J connectivity index is 2.11. The van der Waals surface area contributed by atoms with Crippen molar-refractivity contribution in [3.05, 3.63) is 65.7 Å². The Morgan fingerprint density at radius 1 is 1.04 bits per heavy atom. The number of amides is 1. The Bertz CT molecular complexity index is 680. The molecule has 2 aromatic rings. The highest BCUT2D eigenvalue weighted by atomic mass is 16.5. The van der Waals surface area contributed by atoms with Crippen molar-refractivity contribution < 1.29 is 19.4 Å². The first kappa shape index (κ1) is 17.5. The molecule has 0 aromatic heterocycles. The lowest BCUT2D eigenvalue weighted by atomic mass is 10.0. The van der Waals surface area contributed by atoms with E-state index in [4.69, 9.17) is 9.84 Å². The molecule has 0 aliphatic heterocycles. The number of nitrogens with one attached hydrogen (secondary N) is 1. The van der Waals surface area contributed by atoms with Crippen molar-refractivity contribution in [1.82, 2.24) is 5.32 Å². The molecule has 2 rings (SSSR count). The molecule has 0 bridgehead atoms. The summed E-state index contributed by atoms with van der Waals surface area (Å²) in [5, 5.41) is 11.9. The Kier molecular flexibility index (Phi) is 5.95. The van der Waals surface area contributed by atoms with Crippen LogP contribution in [0, 0.1) is 0 Å². The topological polar surface area (TPSA) is 75.6 Å². The van der Waals surface area contributed by atoms with Gasteiger partial charge in [-0.05, 0) is 43.7 Å². The number of ether oxygens (including phenoxy) is 1. The summed E-state index contributed by atoms with van der Waals surface area (Å²) in [6.07, 6.45) is -0.118. The van der Waals surface area contributed by atoms with Crippen molar-refractivity contribution in [2.24, 2.45) is 0 Å². The van der Waals surface area contributed by atoms with Gasteiger partial charge in [0, 0.05) is 5.56 Å². The first-order chi connectivity index (χ1) is 11.5. The molecule has 0 radical (unpaired) electrons.